The van der Waals surface area contributed by atoms with E-state index in [4.69, 9.17) is 9.47 Å². The zero-order valence-electron chi connectivity index (χ0n) is 17.2. The van der Waals surface area contributed by atoms with Gasteiger partial charge >= 0.3 is 0 Å². The van der Waals surface area contributed by atoms with Crippen molar-refractivity contribution < 1.29 is 9.47 Å². The summed E-state index contributed by atoms with van der Waals surface area (Å²) < 4.78 is 10.9. The molecule has 0 aromatic heterocycles. The van der Waals surface area contributed by atoms with Crippen LogP contribution in [-0.4, -0.2) is 99.5 Å². The molecule has 0 saturated carbocycles. The Morgan fingerprint density at radius 2 is 1.77 bits per heavy atom. The van der Waals surface area contributed by atoms with Crippen LogP contribution in [0.5, 0.6) is 0 Å². The summed E-state index contributed by atoms with van der Waals surface area (Å²) >= 11 is 0. The first-order valence-corrected chi connectivity index (χ1v) is 11.1. The summed E-state index contributed by atoms with van der Waals surface area (Å²) in [7, 11) is 1.81. The molecule has 0 spiro atoms. The molecule has 26 heavy (non-hydrogen) atoms. The third kappa shape index (κ3) is 5.90. The van der Waals surface area contributed by atoms with Crippen molar-refractivity contribution in [3.05, 3.63) is 0 Å². The molecule has 3 aliphatic rings. The monoisotopic (exact) mass is 367 g/mol. The van der Waals surface area contributed by atoms with Gasteiger partial charge in [-0.05, 0) is 70.6 Å². The minimum absolute atomic E-state index is 0.745. The van der Waals surface area contributed by atoms with Crippen molar-refractivity contribution in [2.24, 2.45) is 5.92 Å². The number of nitrogens with zero attached hydrogens (tertiary/aromatic N) is 3. The number of hydrogen-bond acceptors (Lipinski definition) is 5. The molecule has 3 saturated heterocycles. The van der Waals surface area contributed by atoms with Crippen LogP contribution in [0.1, 0.15) is 45.4 Å². The standard InChI is InChI=1S/C21H41N3O2/c1-3-23-10-4-5-21(23)18-24(20-8-14-26-15-9-20)17-19-6-11-22(12-7-19)13-16-25-2/h19-21H,3-18H2,1-2H3/t21-/m0/s1. The highest BCUT2D eigenvalue weighted by molar-refractivity contribution is 4.86. The smallest absolute Gasteiger partial charge is 0.0589 e. The van der Waals surface area contributed by atoms with E-state index in [1.54, 1.807) is 7.11 Å². The number of piperidine rings is 1. The fourth-order valence-electron chi connectivity index (χ4n) is 5.16. The quantitative estimate of drug-likeness (QED) is 0.624. The van der Waals surface area contributed by atoms with Crippen molar-refractivity contribution in [3.63, 3.8) is 0 Å². The molecule has 5 heteroatoms. The van der Waals surface area contributed by atoms with Gasteiger partial charge in [-0.1, -0.05) is 6.92 Å². The van der Waals surface area contributed by atoms with Crippen LogP contribution in [0.15, 0.2) is 0 Å². The summed E-state index contributed by atoms with van der Waals surface area (Å²) in [6.45, 7) is 13.8. The maximum Gasteiger partial charge on any atom is 0.0589 e. The molecule has 0 unspecified atom stereocenters. The first-order valence-electron chi connectivity index (χ1n) is 11.1. The molecule has 0 aliphatic carbocycles. The van der Waals surface area contributed by atoms with Crippen molar-refractivity contribution in [1.82, 2.24) is 14.7 Å². The number of methoxy groups -OCH3 is 1. The van der Waals surface area contributed by atoms with Crippen molar-refractivity contribution in [2.75, 3.05) is 72.7 Å². The highest BCUT2D eigenvalue weighted by atomic mass is 16.5. The lowest BCUT2D eigenvalue weighted by Crippen LogP contribution is -2.49. The molecule has 3 heterocycles. The summed E-state index contributed by atoms with van der Waals surface area (Å²) in [5.74, 6) is 0.869. The first kappa shape index (κ1) is 20.5. The summed E-state index contributed by atoms with van der Waals surface area (Å²) in [5, 5.41) is 0. The number of ether oxygens (including phenoxy) is 2. The third-order valence-electron chi connectivity index (χ3n) is 6.87. The summed E-state index contributed by atoms with van der Waals surface area (Å²) in [4.78, 5) is 8.16. The Labute approximate surface area is 161 Å². The topological polar surface area (TPSA) is 28.2 Å². The van der Waals surface area contributed by atoms with Crippen LogP contribution in [-0.2, 0) is 9.47 Å². The van der Waals surface area contributed by atoms with Crippen molar-refractivity contribution in [1.29, 1.82) is 0 Å². The van der Waals surface area contributed by atoms with Gasteiger partial charge in [0.05, 0.1) is 6.61 Å². The van der Waals surface area contributed by atoms with E-state index < -0.39 is 0 Å². The number of likely N-dealkylation sites (N-methyl/N-ethyl adjacent to an activating group) is 1. The van der Waals surface area contributed by atoms with Gasteiger partial charge in [-0.3, -0.25) is 9.80 Å². The lowest BCUT2D eigenvalue weighted by Gasteiger charge is -2.41. The zero-order chi connectivity index (χ0) is 18.2. The summed E-state index contributed by atoms with van der Waals surface area (Å²) in [5.41, 5.74) is 0. The van der Waals surface area contributed by atoms with Gasteiger partial charge in [0.25, 0.3) is 0 Å². The first-order chi connectivity index (χ1) is 12.8. The minimum atomic E-state index is 0.745. The predicted molar refractivity (Wildman–Crippen MR) is 107 cm³/mol. The molecule has 0 bridgehead atoms. The Morgan fingerprint density at radius 1 is 1.00 bits per heavy atom. The van der Waals surface area contributed by atoms with Crippen LogP contribution in [0.3, 0.4) is 0 Å². The Hall–Kier alpha value is -0.200. The maximum absolute atomic E-state index is 5.65. The fraction of sp³-hybridized carbons (Fsp3) is 1.00. The normalized spacial score (nSPS) is 27.6. The maximum atomic E-state index is 5.65. The van der Waals surface area contributed by atoms with E-state index in [1.165, 1.54) is 77.8 Å². The van der Waals surface area contributed by atoms with E-state index in [1.807, 2.05) is 0 Å². The number of rotatable bonds is 9. The second-order valence-corrected chi connectivity index (χ2v) is 8.50. The van der Waals surface area contributed by atoms with E-state index in [2.05, 4.69) is 21.6 Å². The second kappa shape index (κ2) is 11.0. The molecule has 0 radical (unpaired) electrons. The summed E-state index contributed by atoms with van der Waals surface area (Å²) in [6.07, 6.45) is 7.94. The lowest BCUT2D eigenvalue weighted by molar-refractivity contribution is 0.0132. The lowest BCUT2D eigenvalue weighted by atomic mass is 9.94. The molecule has 0 aromatic carbocycles. The molecular weight excluding hydrogens is 326 g/mol. The van der Waals surface area contributed by atoms with Crippen LogP contribution in [0.2, 0.25) is 0 Å². The molecule has 0 amide bonds. The minimum Gasteiger partial charge on any atom is -0.383 e. The van der Waals surface area contributed by atoms with Gasteiger partial charge in [0, 0.05) is 52.0 Å². The average molecular weight is 368 g/mol. The van der Waals surface area contributed by atoms with Gasteiger partial charge < -0.3 is 14.4 Å². The van der Waals surface area contributed by atoms with Gasteiger partial charge in [0.1, 0.15) is 0 Å². The van der Waals surface area contributed by atoms with E-state index in [0.717, 1.165) is 44.4 Å². The van der Waals surface area contributed by atoms with Crippen LogP contribution >= 0.6 is 0 Å². The molecular formula is C21H41N3O2. The molecule has 3 rings (SSSR count). The van der Waals surface area contributed by atoms with Crippen molar-refractivity contribution >= 4 is 0 Å². The van der Waals surface area contributed by atoms with Gasteiger partial charge in [-0.15, -0.1) is 0 Å². The van der Waals surface area contributed by atoms with E-state index in [9.17, 15) is 0 Å². The fourth-order valence-corrected chi connectivity index (χ4v) is 5.16. The van der Waals surface area contributed by atoms with Crippen molar-refractivity contribution in [2.45, 2.75) is 57.5 Å². The highest BCUT2D eigenvalue weighted by Crippen LogP contribution is 2.25. The highest BCUT2D eigenvalue weighted by Gasteiger charge is 2.31. The SMILES string of the molecule is CCN1CCC[C@H]1CN(CC1CCN(CCOC)CC1)C1CCOCC1. The van der Waals surface area contributed by atoms with Crippen LogP contribution < -0.4 is 0 Å². The van der Waals surface area contributed by atoms with Gasteiger partial charge in [0.2, 0.25) is 0 Å². The Morgan fingerprint density at radius 3 is 2.46 bits per heavy atom. The van der Waals surface area contributed by atoms with E-state index >= 15 is 0 Å². The van der Waals surface area contributed by atoms with Crippen molar-refractivity contribution in [3.8, 4) is 0 Å². The Bertz CT molecular complexity index is 381. The van der Waals surface area contributed by atoms with Gasteiger partial charge in [-0.25, -0.2) is 0 Å². The summed E-state index contributed by atoms with van der Waals surface area (Å²) in [6, 6.07) is 1.53. The average Bonchev–Trinajstić information content (AvgIpc) is 3.15. The largest absolute Gasteiger partial charge is 0.383 e. The predicted octanol–water partition coefficient (Wildman–Crippen LogP) is 2.31. The van der Waals surface area contributed by atoms with Gasteiger partial charge in [-0.2, -0.15) is 0 Å². The molecule has 5 nitrogen and oxygen atoms in total. The van der Waals surface area contributed by atoms with E-state index in [-0.39, 0.29) is 0 Å². The van der Waals surface area contributed by atoms with Crippen LogP contribution in [0.4, 0.5) is 0 Å². The Balaban J connectivity index is 1.52. The molecule has 1 atom stereocenters. The second-order valence-electron chi connectivity index (χ2n) is 8.50. The molecule has 0 aromatic rings. The van der Waals surface area contributed by atoms with Crippen LogP contribution in [0, 0.1) is 5.92 Å². The zero-order valence-corrected chi connectivity index (χ0v) is 17.2. The van der Waals surface area contributed by atoms with Crippen LogP contribution in [0.25, 0.3) is 0 Å². The Kier molecular flexibility index (Phi) is 8.66. The molecule has 152 valence electrons. The number of likely N-dealkylation sites (tertiary alicyclic amines) is 2. The van der Waals surface area contributed by atoms with E-state index in [0.29, 0.717) is 0 Å². The molecule has 3 aliphatic heterocycles. The number of hydrogen-bond donors (Lipinski definition) is 0. The molecule has 0 N–H and O–H groups in total. The van der Waals surface area contributed by atoms with Gasteiger partial charge in [0.15, 0.2) is 0 Å². The molecule has 3 fully saturated rings. The third-order valence-corrected chi connectivity index (χ3v) is 6.87.